The van der Waals surface area contributed by atoms with Crippen LogP contribution in [0.4, 0.5) is 0 Å². The van der Waals surface area contributed by atoms with Gasteiger partial charge in [0.2, 0.25) is 0 Å². The van der Waals surface area contributed by atoms with Gasteiger partial charge in [0.05, 0.1) is 0 Å². The average molecular weight is 201 g/mol. The van der Waals surface area contributed by atoms with E-state index in [-0.39, 0.29) is 0 Å². The quantitative estimate of drug-likeness (QED) is 0.670. The Hall–Kier alpha value is 0.110. The standard InChI is InChI=1S/C10H19NOS/c1-9-4-6-13(12)7-5-11(9)8-10-2-3-10/h9-10H,2-8H2,1H3. The highest BCUT2D eigenvalue weighted by molar-refractivity contribution is 7.85. The van der Waals surface area contributed by atoms with Crippen molar-refractivity contribution in [2.45, 2.75) is 32.2 Å². The zero-order valence-electron chi connectivity index (χ0n) is 8.37. The van der Waals surface area contributed by atoms with Crippen LogP contribution in [0.15, 0.2) is 0 Å². The summed E-state index contributed by atoms with van der Waals surface area (Å²) >= 11 is 0. The smallest absolute Gasteiger partial charge is 0.0362 e. The summed E-state index contributed by atoms with van der Waals surface area (Å²) in [6.07, 6.45) is 3.97. The van der Waals surface area contributed by atoms with Gasteiger partial charge < -0.3 is 0 Å². The molecule has 0 aromatic heterocycles. The lowest BCUT2D eigenvalue weighted by molar-refractivity contribution is 0.212. The predicted molar refractivity (Wildman–Crippen MR) is 56.3 cm³/mol. The molecule has 2 aliphatic rings. The molecular weight excluding hydrogens is 182 g/mol. The molecule has 0 bridgehead atoms. The van der Waals surface area contributed by atoms with Crippen LogP contribution < -0.4 is 0 Å². The third kappa shape index (κ3) is 2.78. The van der Waals surface area contributed by atoms with Crippen LogP contribution in [-0.4, -0.2) is 39.7 Å². The number of rotatable bonds is 2. The van der Waals surface area contributed by atoms with Crippen LogP contribution in [0.5, 0.6) is 0 Å². The highest BCUT2D eigenvalue weighted by atomic mass is 32.2. The maximum absolute atomic E-state index is 11.4. The second-order valence-electron chi connectivity index (χ2n) is 4.42. The minimum absolute atomic E-state index is 0.535. The Balaban J connectivity index is 1.87. The molecule has 2 rings (SSSR count). The first-order valence-electron chi connectivity index (χ1n) is 5.35. The summed E-state index contributed by atoms with van der Waals surface area (Å²) in [6, 6.07) is 0.659. The molecular formula is C10H19NOS. The van der Waals surface area contributed by atoms with E-state index in [2.05, 4.69) is 11.8 Å². The molecule has 0 amide bonds. The lowest BCUT2D eigenvalue weighted by atomic mass is 10.2. The molecule has 1 saturated heterocycles. The normalized spacial score (nSPS) is 37.3. The topological polar surface area (TPSA) is 20.3 Å². The molecule has 1 aliphatic heterocycles. The Morgan fingerprint density at radius 3 is 2.77 bits per heavy atom. The third-order valence-electron chi connectivity index (χ3n) is 3.18. The molecule has 0 spiro atoms. The van der Waals surface area contributed by atoms with E-state index in [1.165, 1.54) is 19.4 Å². The minimum Gasteiger partial charge on any atom is -0.299 e. The molecule has 0 radical (unpaired) electrons. The number of hydrogen-bond donors (Lipinski definition) is 0. The van der Waals surface area contributed by atoms with Crippen LogP contribution in [0.25, 0.3) is 0 Å². The van der Waals surface area contributed by atoms with E-state index in [1.807, 2.05) is 0 Å². The van der Waals surface area contributed by atoms with Gasteiger partial charge in [0.15, 0.2) is 0 Å². The Morgan fingerprint density at radius 2 is 2.08 bits per heavy atom. The van der Waals surface area contributed by atoms with E-state index < -0.39 is 10.8 Å². The van der Waals surface area contributed by atoms with Gasteiger partial charge in [-0.2, -0.15) is 0 Å². The Morgan fingerprint density at radius 1 is 1.31 bits per heavy atom. The molecule has 1 heterocycles. The predicted octanol–water partition coefficient (Wildman–Crippen LogP) is 1.24. The van der Waals surface area contributed by atoms with E-state index in [9.17, 15) is 4.21 Å². The largest absolute Gasteiger partial charge is 0.299 e. The van der Waals surface area contributed by atoms with E-state index in [0.29, 0.717) is 6.04 Å². The van der Waals surface area contributed by atoms with Gasteiger partial charge in [-0.1, -0.05) is 0 Å². The van der Waals surface area contributed by atoms with Gasteiger partial charge in [-0.25, -0.2) is 0 Å². The fourth-order valence-electron chi connectivity index (χ4n) is 1.93. The summed E-state index contributed by atoms with van der Waals surface area (Å²) in [5, 5.41) is 0. The first-order chi connectivity index (χ1) is 6.25. The summed E-state index contributed by atoms with van der Waals surface area (Å²) < 4.78 is 11.4. The number of hydrogen-bond acceptors (Lipinski definition) is 2. The molecule has 2 nitrogen and oxygen atoms in total. The average Bonchev–Trinajstić information content (AvgIpc) is 2.90. The van der Waals surface area contributed by atoms with Gasteiger partial charge in [-0.3, -0.25) is 9.11 Å². The van der Waals surface area contributed by atoms with Crippen molar-refractivity contribution in [3.8, 4) is 0 Å². The van der Waals surface area contributed by atoms with E-state index in [1.54, 1.807) is 0 Å². The highest BCUT2D eigenvalue weighted by Gasteiger charge is 2.27. The fourth-order valence-corrected chi connectivity index (χ4v) is 3.18. The Kier molecular flexibility index (Phi) is 3.04. The fraction of sp³-hybridized carbons (Fsp3) is 1.00. The van der Waals surface area contributed by atoms with Crippen LogP contribution in [0, 0.1) is 5.92 Å². The van der Waals surface area contributed by atoms with Crippen molar-refractivity contribution < 1.29 is 4.21 Å². The minimum atomic E-state index is -0.535. The van der Waals surface area contributed by atoms with Gasteiger partial charge in [-0.05, 0) is 32.1 Å². The molecule has 1 aliphatic carbocycles. The summed E-state index contributed by atoms with van der Waals surface area (Å²) in [7, 11) is -0.535. The third-order valence-corrected chi connectivity index (χ3v) is 4.51. The van der Waals surface area contributed by atoms with E-state index in [0.717, 1.165) is 30.4 Å². The van der Waals surface area contributed by atoms with E-state index in [4.69, 9.17) is 0 Å². The zero-order valence-corrected chi connectivity index (χ0v) is 9.18. The van der Waals surface area contributed by atoms with Crippen molar-refractivity contribution in [1.29, 1.82) is 0 Å². The van der Waals surface area contributed by atoms with Gasteiger partial charge in [-0.15, -0.1) is 0 Å². The summed E-state index contributed by atoms with van der Waals surface area (Å²) in [6.45, 7) is 4.60. The van der Waals surface area contributed by atoms with Crippen LogP contribution >= 0.6 is 0 Å². The van der Waals surface area contributed by atoms with Crippen LogP contribution in [-0.2, 0) is 10.8 Å². The Bertz CT molecular complexity index is 203. The lowest BCUT2D eigenvalue weighted by Gasteiger charge is -2.26. The monoisotopic (exact) mass is 201 g/mol. The molecule has 0 aromatic carbocycles. The molecule has 3 heteroatoms. The summed E-state index contributed by atoms with van der Waals surface area (Å²) in [5.41, 5.74) is 0. The van der Waals surface area contributed by atoms with Gasteiger partial charge >= 0.3 is 0 Å². The molecule has 76 valence electrons. The molecule has 1 saturated carbocycles. The highest BCUT2D eigenvalue weighted by Crippen LogP contribution is 2.30. The van der Waals surface area contributed by atoms with Gasteiger partial charge in [0.25, 0.3) is 0 Å². The van der Waals surface area contributed by atoms with Crippen LogP contribution in [0.2, 0.25) is 0 Å². The number of nitrogens with zero attached hydrogens (tertiary/aromatic N) is 1. The van der Waals surface area contributed by atoms with Crippen molar-refractivity contribution in [2.24, 2.45) is 5.92 Å². The second kappa shape index (κ2) is 4.09. The lowest BCUT2D eigenvalue weighted by Crippen LogP contribution is -2.35. The maximum Gasteiger partial charge on any atom is 0.0362 e. The van der Waals surface area contributed by atoms with Gasteiger partial charge in [0.1, 0.15) is 0 Å². The van der Waals surface area contributed by atoms with Crippen molar-refractivity contribution in [3.05, 3.63) is 0 Å². The maximum atomic E-state index is 11.4. The summed E-state index contributed by atoms with van der Waals surface area (Å²) in [4.78, 5) is 2.54. The SMILES string of the molecule is CC1CCS(=O)CCN1CC1CC1. The molecule has 13 heavy (non-hydrogen) atoms. The van der Waals surface area contributed by atoms with Crippen LogP contribution in [0.3, 0.4) is 0 Å². The van der Waals surface area contributed by atoms with E-state index >= 15 is 0 Å². The molecule has 0 aromatic rings. The Labute approximate surface area is 83.1 Å². The van der Waals surface area contributed by atoms with Crippen molar-refractivity contribution in [2.75, 3.05) is 24.6 Å². The first-order valence-corrected chi connectivity index (χ1v) is 6.83. The van der Waals surface area contributed by atoms with Crippen LogP contribution in [0.1, 0.15) is 26.2 Å². The van der Waals surface area contributed by atoms with Crippen molar-refractivity contribution >= 4 is 10.8 Å². The molecule has 2 fully saturated rings. The molecule has 0 N–H and O–H groups in total. The molecule has 2 atom stereocenters. The second-order valence-corrected chi connectivity index (χ2v) is 6.12. The first kappa shape index (κ1) is 9.66. The molecule has 2 unspecified atom stereocenters. The van der Waals surface area contributed by atoms with Crippen molar-refractivity contribution in [1.82, 2.24) is 4.90 Å². The van der Waals surface area contributed by atoms with Gasteiger partial charge in [0, 0.05) is 41.4 Å². The zero-order chi connectivity index (χ0) is 9.26. The summed E-state index contributed by atoms with van der Waals surface area (Å²) in [5.74, 6) is 2.79. The van der Waals surface area contributed by atoms with Crippen molar-refractivity contribution in [3.63, 3.8) is 0 Å².